The fourth-order valence-corrected chi connectivity index (χ4v) is 2.02. The molecule has 0 saturated carbocycles. The normalized spacial score (nSPS) is 18.5. The summed E-state index contributed by atoms with van der Waals surface area (Å²) in [4.78, 5) is 35.2. The van der Waals surface area contributed by atoms with Crippen LogP contribution in [0.15, 0.2) is 0 Å². The quantitative estimate of drug-likeness (QED) is 0.471. The molecular weight excluding hydrogens is 282 g/mol. The van der Waals surface area contributed by atoms with Gasteiger partial charge in [-0.25, -0.2) is 9.59 Å². The third-order valence-electron chi connectivity index (χ3n) is 3.00. The number of aliphatic carboxylic acids is 2. The number of carboxylic acid groups (broad SMARTS) is 2. The fourth-order valence-electron chi connectivity index (χ4n) is 2.02. The zero-order valence-corrected chi connectivity index (χ0v) is 11.9. The van der Waals surface area contributed by atoms with Crippen molar-refractivity contribution in [3.63, 3.8) is 0 Å². The molecule has 1 fully saturated rings. The van der Waals surface area contributed by atoms with Crippen LogP contribution in [-0.2, 0) is 14.3 Å². The van der Waals surface area contributed by atoms with Crippen LogP contribution in [0.5, 0.6) is 0 Å². The van der Waals surface area contributed by atoms with Gasteiger partial charge in [-0.2, -0.15) is 0 Å². The molecule has 0 bridgehead atoms. The molecule has 0 aromatic carbocycles. The summed E-state index contributed by atoms with van der Waals surface area (Å²) in [6.07, 6.45) is -0.666. The van der Waals surface area contributed by atoms with Crippen molar-refractivity contribution < 1.29 is 29.3 Å². The summed E-state index contributed by atoms with van der Waals surface area (Å²) < 4.78 is 5.22. The van der Waals surface area contributed by atoms with Crippen molar-refractivity contribution in [2.24, 2.45) is 0 Å². The van der Waals surface area contributed by atoms with Gasteiger partial charge in [-0.1, -0.05) is 0 Å². The number of hydrogen-bond acceptors (Lipinski definition) is 5. The molecule has 1 aliphatic heterocycles. The molecule has 1 saturated heterocycles. The molecule has 1 heterocycles. The standard InChI is InChI=1S/C12H21N3O6/c1-8(7-15-2-4-21-5-3-15)13-12(20)14-9(11(18)19)6-10(16)17/h8-9H,2-7H2,1H3,(H,16,17)(H,18,19)(H2,13,14,20)/t8?,9-/m0/s1. The Hall–Kier alpha value is -1.87. The molecule has 0 spiro atoms. The summed E-state index contributed by atoms with van der Waals surface area (Å²) in [5.74, 6) is -2.67. The van der Waals surface area contributed by atoms with Gasteiger partial charge in [0.05, 0.1) is 19.6 Å². The van der Waals surface area contributed by atoms with E-state index < -0.39 is 30.4 Å². The maximum atomic E-state index is 11.7. The first-order valence-corrected chi connectivity index (χ1v) is 6.70. The highest BCUT2D eigenvalue weighted by Crippen LogP contribution is 1.99. The van der Waals surface area contributed by atoms with Crippen molar-refractivity contribution in [1.82, 2.24) is 15.5 Å². The van der Waals surface area contributed by atoms with Gasteiger partial charge in [-0.05, 0) is 6.92 Å². The van der Waals surface area contributed by atoms with E-state index >= 15 is 0 Å². The second kappa shape index (κ2) is 8.42. The third kappa shape index (κ3) is 6.91. The molecule has 0 aromatic heterocycles. The Balaban J connectivity index is 2.36. The number of rotatable bonds is 7. The lowest BCUT2D eigenvalue weighted by molar-refractivity contribution is -0.145. The van der Waals surface area contributed by atoms with E-state index in [1.54, 1.807) is 6.92 Å². The predicted molar refractivity (Wildman–Crippen MR) is 72.1 cm³/mol. The molecule has 1 unspecified atom stereocenters. The van der Waals surface area contributed by atoms with Gasteiger partial charge in [-0.15, -0.1) is 0 Å². The van der Waals surface area contributed by atoms with E-state index in [-0.39, 0.29) is 6.04 Å². The summed E-state index contributed by atoms with van der Waals surface area (Å²) >= 11 is 0. The number of amides is 2. The summed E-state index contributed by atoms with van der Waals surface area (Å²) in [6, 6.07) is -2.33. The number of nitrogens with zero attached hydrogens (tertiary/aromatic N) is 1. The van der Waals surface area contributed by atoms with E-state index in [9.17, 15) is 14.4 Å². The Morgan fingerprint density at radius 2 is 1.81 bits per heavy atom. The number of nitrogens with one attached hydrogen (secondary N) is 2. The molecule has 0 aliphatic carbocycles. The van der Waals surface area contributed by atoms with Gasteiger partial charge in [0.25, 0.3) is 0 Å². The van der Waals surface area contributed by atoms with Crippen LogP contribution in [0.1, 0.15) is 13.3 Å². The highest BCUT2D eigenvalue weighted by Gasteiger charge is 2.24. The predicted octanol–water partition coefficient (Wildman–Crippen LogP) is -1.07. The number of ether oxygens (including phenoxy) is 1. The van der Waals surface area contributed by atoms with Crippen LogP contribution in [0.4, 0.5) is 4.79 Å². The van der Waals surface area contributed by atoms with Crippen LogP contribution < -0.4 is 10.6 Å². The molecule has 120 valence electrons. The molecule has 4 N–H and O–H groups in total. The molecular formula is C12H21N3O6. The topological polar surface area (TPSA) is 128 Å². The lowest BCUT2D eigenvalue weighted by Gasteiger charge is -2.29. The largest absolute Gasteiger partial charge is 0.481 e. The lowest BCUT2D eigenvalue weighted by Crippen LogP contribution is -2.52. The van der Waals surface area contributed by atoms with E-state index in [0.29, 0.717) is 19.8 Å². The highest BCUT2D eigenvalue weighted by molar-refractivity contribution is 5.86. The van der Waals surface area contributed by atoms with Gasteiger partial charge in [0.2, 0.25) is 0 Å². The Morgan fingerprint density at radius 3 is 2.33 bits per heavy atom. The molecule has 0 aromatic rings. The number of carboxylic acids is 2. The molecule has 2 amide bonds. The van der Waals surface area contributed by atoms with Crippen LogP contribution in [0.3, 0.4) is 0 Å². The number of carbonyl (C=O) groups is 3. The monoisotopic (exact) mass is 303 g/mol. The van der Waals surface area contributed by atoms with Crippen molar-refractivity contribution in [1.29, 1.82) is 0 Å². The van der Waals surface area contributed by atoms with Crippen LogP contribution in [0.2, 0.25) is 0 Å². The molecule has 1 rings (SSSR count). The maximum absolute atomic E-state index is 11.7. The van der Waals surface area contributed by atoms with Crippen molar-refractivity contribution in [3.05, 3.63) is 0 Å². The minimum absolute atomic E-state index is 0.192. The minimum Gasteiger partial charge on any atom is -0.481 e. The Morgan fingerprint density at radius 1 is 1.19 bits per heavy atom. The zero-order valence-electron chi connectivity index (χ0n) is 11.9. The molecule has 9 heteroatoms. The van der Waals surface area contributed by atoms with E-state index in [1.807, 2.05) is 0 Å². The van der Waals surface area contributed by atoms with Crippen LogP contribution >= 0.6 is 0 Å². The van der Waals surface area contributed by atoms with E-state index in [4.69, 9.17) is 14.9 Å². The van der Waals surface area contributed by atoms with Crippen LogP contribution in [-0.4, -0.2) is 78.0 Å². The Kier molecular flexibility index (Phi) is 6.89. The molecule has 1 aliphatic rings. The van der Waals surface area contributed by atoms with Crippen molar-refractivity contribution in [3.8, 4) is 0 Å². The maximum Gasteiger partial charge on any atom is 0.326 e. The van der Waals surface area contributed by atoms with Crippen LogP contribution in [0, 0.1) is 0 Å². The molecule has 2 atom stereocenters. The average Bonchev–Trinajstić information content (AvgIpc) is 2.38. The lowest BCUT2D eigenvalue weighted by atomic mass is 10.2. The first-order valence-electron chi connectivity index (χ1n) is 6.70. The Labute approximate surface area is 122 Å². The van der Waals surface area contributed by atoms with Crippen molar-refractivity contribution >= 4 is 18.0 Å². The first-order chi connectivity index (χ1) is 9.88. The smallest absolute Gasteiger partial charge is 0.326 e. The number of urea groups is 1. The van der Waals surface area contributed by atoms with E-state index in [2.05, 4.69) is 15.5 Å². The van der Waals surface area contributed by atoms with Crippen LogP contribution in [0.25, 0.3) is 0 Å². The minimum atomic E-state index is -1.45. The summed E-state index contributed by atoms with van der Waals surface area (Å²) in [5, 5.41) is 22.2. The van der Waals surface area contributed by atoms with Gasteiger partial charge >= 0.3 is 18.0 Å². The average molecular weight is 303 g/mol. The summed E-state index contributed by atoms with van der Waals surface area (Å²) in [5.41, 5.74) is 0. The fraction of sp³-hybridized carbons (Fsp3) is 0.750. The van der Waals surface area contributed by atoms with Gasteiger partial charge in [-0.3, -0.25) is 9.69 Å². The van der Waals surface area contributed by atoms with Gasteiger partial charge < -0.3 is 25.6 Å². The van der Waals surface area contributed by atoms with Gasteiger partial charge in [0.1, 0.15) is 6.04 Å². The zero-order chi connectivity index (χ0) is 15.8. The van der Waals surface area contributed by atoms with Gasteiger partial charge in [0, 0.05) is 25.7 Å². The van der Waals surface area contributed by atoms with Crippen molar-refractivity contribution in [2.45, 2.75) is 25.4 Å². The first kappa shape index (κ1) is 17.2. The SMILES string of the molecule is CC(CN1CCOCC1)NC(=O)N[C@@H](CC(=O)O)C(=O)O. The number of carbonyl (C=O) groups excluding carboxylic acids is 1. The highest BCUT2D eigenvalue weighted by atomic mass is 16.5. The van der Waals surface area contributed by atoms with Gasteiger partial charge in [0.15, 0.2) is 0 Å². The molecule has 9 nitrogen and oxygen atoms in total. The second-order valence-corrected chi connectivity index (χ2v) is 4.92. The molecule has 21 heavy (non-hydrogen) atoms. The second-order valence-electron chi connectivity index (χ2n) is 4.92. The van der Waals surface area contributed by atoms with Crippen molar-refractivity contribution in [2.75, 3.05) is 32.8 Å². The summed E-state index contributed by atoms with van der Waals surface area (Å²) in [7, 11) is 0. The number of hydrogen-bond donors (Lipinski definition) is 4. The van der Waals surface area contributed by atoms with E-state index in [0.717, 1.165) is 13.1 Å². The molecule has 0 radical (unpaired) electrons. The summed E-state index contributed by atoms with van der Waals surface area (Å²) in [6.45, 7) is 5.28. The number of morpholine rings is 1. The third-order valence-corrected chi connectivity index (χ3v) is 3.00. The Bertz CT molecular complexity index is 383. The van der Waals surface area contributed by atoms with E-state index in [1.165, 1.54) is 0 Å².